The molecule has 0 spiro atoms. The lowest BCUT2D eigenvalue weighted by Crippen LogP contribution is -2.21. The van der Waals surface area contributed by atoms with Gasteiger partial charge in [-0.3, -0.25) is 4.68 Å². The van der Waals surface area contributed by atoms with Gasteiger partial charge in [0, 0.05) is 19.7 Å². The lowest BCUT2D eigenvalue weighted by molar-refractivity contribution is 0.659. The molecule has 0 saturated carbocycles. The second kappa shape index (κ2) is 3.62. The van der Waals surface area contributed by atoms with Gasteiger partial charge in [-0.25, -0.2) is 0 Å². The highest BCUT2D eigenvalue weighted by molar-refractivity contribution is 8.01. The average Bonchev–Trinajstić information content (AvgIpc) is 2.77. The maximum Gasteiger partial charge on any atom is 0.108 e. The molecule has 14 heavy (non-hydrogen) atoms. The highest BCUT2D eigenvalue weighted by atomic mass is 32.2. The normalized spacial score (nSPS) is 26.3. The third-order valence-corrected chi connectivity index (χ3v) is 3.91. The molecule has 1 saturated heterocycles. The Kier molecular flexibility index (Phi) is 2.46. The molecule has 1 aliphatic rings. The van der Waals surface area contributed by atoms with Crippen LogP contribution in [0, 0.1) is 11.3 Å². The van der Waals surface area contributed by atoms with Crippen molar-refractivity contribution in [2.75, 3.05) is 5.75 Å². The first-order valence-electron chi connectivity index (χ1n) is 4.64. The zero-order chi connectivity index (χ0) is 10.0. The summed E-state index contributed by atoms with van der Waals surface area (Å²) < 4.78 is 1.44. The molecule has 1 aromatic rings. The van der Waals surface area contributed by atoms with Crippen molar-refractivity contribution in [2.45, 2.75) is 24.0 Å². The predicted octanol–water partition coefficient (Wildman–Crippen LogP) is 1.15. The van der Waals surface area contributed by atoms with Gasteiger partial charge in [-0.2, -0.15) is 5.26 Å². The van der Waals surface area contributed by atoms with E-state index in [1.807, 2.05) is 13.2 Å². The minimum atomic E-state index is -0.240. The van der Waals surface area contributed by atoms with Gasteiger partial charge in [0.05, 0.1) is 11.8 Å². The fraction of sp³-hybridized carbons (Fsp3) is 0.667. The highest BCUT2D eigenvalue weighted by Crippen LogP contribution is 2.39. The minimum Gasteiger partial charge on any atom is -0.255 e. The van der Waals surface area contributed by atoms with Crippen LogP contribution >= 0.6 is 11.8 Å². The third-order valence-electron chi connectivity index (χ3n) is 2.42. The summed E-state index contributed by atoms with van der Waals surface area (Å²) in [6, 6.07) is 2.42. The first-order chi connectivity index (χ1) is 6.74. The van der Waals surface area contributed by atoms with Crippen molar-refractivity contribution in [3.8, 4) is 6.07 Å². The average molecular weight is 208 g/mol. The van der Waals surface area contributed by atoms with E-state index in [2.05, 4.69) is 16.4 Å². The summed E-state index contributed by atoms with van der Waals surface area (Å²) >= 11 is 1.76. The number of hydrogen-bond donors (Lipinski definition) is 0. The van der Waals surface area contributed by atoms with Crippen molar-refractivity contribution >= 4 is 11.8 Å². The standard InChI is InChI=1S/C9H12N4S/c1-13-6-8(11-12-13)5-9(7-10)3-2-4-14-9/h6H,2-5H2,1H3. The van der Waals surface area contributed by atoms with E-state index in [4.69, 9.17) is 5.26 Å². The quantitative estimate of drug-likeness (QED) is 0.731. The van der Waals surface area contributed by atoms with Gasteiger partial charge in [0.2, 0.25) is 0 Å². The maximum atomic E-state index is 9.16. The van der Waals surface area contributed by atoms with E-state index in [-0.39, 0.29) is 4.75 Å². The Morgan fingerprint density at radius 3 is 3.14 bits per heavy atom. The molecule has 1 fully saturated rings. The Hall–Kier alpha value is -1.02. The van der Waals surface area contributed by atoms with E-state index in [1.54, 1.807) is 16.4 Å². The topological polar surface area (TPSA) is 54.5 Å². The number of nitriles is 1. The molecule has 5 heteroatoms. The number of aryl methyl sites for hydroxylation is 1. The van der Waals surface area contributed by atoms with Crippen LogP contribution in [0.15, 0.2) is 6.20 Å². The van der Waals surface area contributed by atoms with Crippen LogP contribution in [0.2, 0.25) is 0 Å². The van der Waals surface area contributed by atoms with E-state index < -0.39 is 0 Å². The summed E-state index contributed by atoms with van der Waals surface area (Å²) in [4.78, 5) is 0. The lowest BCUT2D eigenvalue weighted by atomic mass is 9.99. The van der Waals surface area contributed by atoms with Crippen LogP contribution in [0.4, 0.5) is 0 Å². The first-order valence-corrected chi connectivity index (χ1v) is 5.63. The van der Waals surface area contributed by atoms with Gasteiger partial charge in [0.1, 0.15) is 4.75 Å². The van der Waals surface area contributed by atoms with Crippen molar-refractivity contribution < 1.29 is 0 Å². The summed E-state index contributed by atoms with van der Waals surface area (Å²) in [5.41, 5.74) is 0.920. The fourth-order valence-corrected chi connectivity index (χ4v) is 3.02. The fourth-order valence-electron chi connectivity index (χ4n) is 1.73. The van der Waals surface area contributed by atoms with Crippen molar-refractivity contribution in [1.29, 1.82) is 5.26 Å². The maximum absolute atomic E-state index is 9.16. The molecule has 1 aliphatic heterocycles. The molecular formula is C9H12N4S. The van der Waals surface area contributed by atoms with Gasteiger partial charge in [-0.05, 0) is 18.6 Å². The Labute approximate surface area is 87.3 Å². The first kappa shape index (κ1) is 9.53. The SMILES string of the molecule is Cn1cc(CC2(C#N)CCCS2)nn1. The summed E-state index contributed by atoms with van der Waals surface area (Å²) in [6.07, 6.45) is 4.73. The number of hydrogen-bond acceptors (Lipinski definition) is 4. The molecule has 0 aromatic carbocycles. The molecule has 2 heterocycles. The van der Waals surface area contributed by atoms with Crippen molar-refractivity contribution in [2.24, 2.45) is 7.05 Å². The largest absolute Gasteiger partial charge is 0.255 e. The van der Waals surface area contributed by atoms with Gasteiger partial charge >= 0.3 is 0 Å². The number of rotatable bonds is 2. The smallest absolute Gasteiger partial charge is 0.108 e. The zero-order valence-corrected chi connectivity index (χ0v) is 8.92. The second-order valence-corrected chi connectivity index (χ2v) is 5.10. The van der Waals surface area contributed by atoms with Crippen LogP contribution in [-0.4, -0.2) is 25.5 Å². The minimum absolute atomic E-state index is 0.240. The van der Waals surface area contributed by atoms with Crippen LogP contribution in [0.5, 0.6) is 0 Å². The van der Waals surface area contributed by atoms with E-state index in [0.717, 1.165) is 30.7 Å². The van der Waals surface area contributed by atoms with Gasteiger partial charge in [0.15, 0.2) is 0 Å². The molecule has 0 aliphatic carbocycles. The van der Waals surface area contributed by atoms with Gasteiger partial charge in [-0.15, -0.1) is 16.9 Å². The Morgan fingerprint density at radius 2 is 2.64 bits per heavy atom. The molecule has 74 valence electrons. The van der Waals surface area contributed by atoms with Crippen molar-refractivity contribution in [3.63, 3.8) is 0 Å². The zero-order valence-electron chi connectivity index (χ0n) is 8.10. The van der Waals surface area contributed by atoms with Crippen LogP contribution in [0.1, 0.15) is 18.5 Å². The summed E-state index contributed by atoms with van der Waals surface area (Å²) in [6.45, 7) is 0. The summed E-state index contributed by atoms with van der Waals surface area (Å²) in [5, 5.41) is 17.1. The monoisotopic (exact) mass is 208 g/mol. The third kappa shape index (κ3) is 1.75. The van der Waals surface area contributed by atoms with E-state index >= 15 is 0 Å². The number of thioether (sulfide) groups is 1. The van der Waals surface area contributed by atoms with E-state index in [9.17, 15) is 0 Å². The predicted molar refractivity (Wildman–Crippen MR) is 54.7 cm³/mol. The molecule has 0 amide bonds. The Morgan fingerprint density at radius 1 is 1.79 bits per heavy atom. The molecule has 0 bridgehead atoms. The molecule has 2 rings (SSSR count). The van der Waals surface area contributed by atoms with Crippen molar-refractivity contribution in [1.82, 2.24) is 15.0 Å². The molecule has 1 aromatic heterocycles. The van der Waals surface area contributed by atoms with E-state index in [0.29, 0.717) is 0 Å². The highest BCUT2D eigenvalue weighted by Gasteiger charge is 2.35. The Bertz CT molecular complexity index is 359. The van der Waals surface area contributed by atoms with Crippen LogP contribution in [-0.2, 0) is 13.5 Å². The molecule has 1 unspecified atom stereocenters. The lowest BCUT2D eigenvalue weighted by Gasteiger charge is -2.16. The van der Waals surface area contributed by atoms with Gasteiger partial charge in [0.25, 0.3) is 0 Å². The molecule has 0 N–H and O–H groups in total. The summed E-state index contributed by atoms with van der Waals surface area (Å²) in [7, 11) is 1.84. The Balaban J connectivity index is 2.13. The molecule has 0 radical (unpaired) electrons. The van der Waals surface area contributed by atoms with Gasteiger partial charge < -0.3 is 0 Å². The van der Waals surface area contributed by atoms with Crippen LogP contribution in [0.3, 0.4) is 0 Å². The number of aromatic nitrogens is 3. The van der Waals surface area contributed by atoms with Gasteiger partial charge in [-0.1, -0.05) is 5.21 Å². The van der Waals surface area contributed by atoms with Crippen LogP contribution in [0.25, 0.3) is 0 Å². The van der Waals surface area contributed by atoms with Crippen molar-refractivity contribution in [3.05, 3.63) is 11.9 Å². The second-order valence-electron chi connectivity index (χ2n) is 3.62. The molecule has 1 atom stereocenters. The summed E-state index contributed by atoms with van der Waals surface area (Å²) in [5.74, 6) is 1.09. The molecular weight excluding hydrogens is 196 g/mol. The van der Waals surface area contributed by atoms with Crippen LogP contribution < -0.4 is 0 Å². The molecule has 4 nitrogen and oxygen atoms in total. The van der Waals surface area contributed by atoms with E-state index in [1.165, 1.54) is 0 Å². The number of nitrogens with zero attached hydrogens (tertiary/aromatic N) is 4.